The fraction of sp³-hybridized carbons (Fsp3) is 0.333. The summed E-state index contributed by atoms with van der Waals surface area (Å²) in [4.78, 5) is 17.3. The summed E-state index contributed by atoms with van der Waals surface area (Å²) in [5, 5.41) is 6.30. The highest BCUT2D eigenvalue weighted by molar-refractivity contribution is 5.72. The molecule has 1 aromatic carbocycles. The third-order valence-electron chi connectivity index (χ3n) is 5.09. The summed E-state index contributed by atoms with van der Waals surface area (Å²) in [7, 11) is 0. The number of aldehydes is 1. The van der Waals surface area contributed by atoms with Crippen LogP contribution in [0.5, 0.6) is 11.5 Å². The lowest BCUT2D eigenvalue weighted by Gasteiger charge is -2.47. The Labute approximate surface area is 182 Å². The van der Waals surface area contributed by atoms with Crippen LogP contribution >= 0.6 is 0 Å². The van der Waals surface area contributed by atoms with Crippen molar-refractivity contribution in [2.75, 3.05) is 26.2 Å². The van der Waals surface area contributed by atoms with Crippen molar-refractivity contribution in [3.8, 4) is 11.5 Å². The molecule has 2 N–H and O–H groups in total. The normalized spacial score (nSPS) is 23.6. The third kappa shape index (κ3) is 4.78. The number of rotatable bonds is 7. The summed E-state index contributed by atoms with van der Waals surface area (Å²) in [6.07, 6.45) is 0.226. The van der Waals surface area contributed by atoms with Crippen molar-refractivity contribution in [1.82, 2.24) is 20.5 Å². The molecule has 2 aliphatic heterocycles. The predicted octanol–water partition coefficient (Wildman–Crippen LogP) is 2.10. The molecular weight excluding hydrogens is 429 g/mol. The van der Waals surface area contributed by atoms with Gasteiger partial charge in [-0.25, -0.2) is 4.90 Å². The van der Waals surface area contributed by atoms with Crippen LogP contribution in [-0.2, 0) is 15.4 Å². The fourth-order valence-corrected chi connectivity index (χ4v) is 3.76. The lowest BCUT2D eigenvalue weighted by atomic mass is 10.0. The number of carbonyl (C=O) groups is 1. The van der Waals surface area contributed by atoms with E-state index >= 15 is 0 Å². The van der Waals surface area contributed by atoms with E-state index in [9.17, 15) is 18.0 Å². The topological polar surface area (TPSA) is 85.0 Å². The largest absolute Gasteiger partial charge is 0.573 e. The molecule has 0 radical (unpaired) electrons. The second-order valence-electron chi connectivity index (χ2n) is 7.20. The number of ether oxygens (including phenoxy) is 3. The molecule has 11 heteroatoms. The van der Waals surface area contributed by atoms with Gasteiger partial charge in [0.1, 0.15) is 30.1 Å². The first kappa shape index (κ1) is 21.9. The number of halogens is 3. The molecule has 3 heterocycles. The highest BCUT2D eigenvalue weighted by Gasteiger charge is 2.48. The molecule has 4 rings (SSSR count). The molecule has 0 saturated carbocycles. The predicted molar refractivity (Wildman–Crippen MR) is 106 cm³/mol. The number of aromatic nitrogens is 1. The average molecular weight is 450 g/mol. The average Bonchev–Trinajstić information content (AvgIpc) is 3.23. The van der Waals surface area contributed by atoms with Gasteiger partial charge in [-0.15, -0.1) is 13.2 Å². The zero-order valence-electron chi connectivity index (χ0n) is 16.8. The van der Waals surface area contributed by atoms with Crippen LogP contribution in [0.3, 0.4) is 0 Å². The van der Waals surface area contributed by atoms with Gasteiger partial charge in [-0.3, -0.25) is 9.78 Å². The number of alkyl halides is 3. The van der Waals surface area contributed by atoms with E-state index in [1.807, 2.05) is 4.90 Å². The van der Waals surface area contributed by atoms with Gasteiger partial charge in [0, 0.05) is 31.4 Å². The van der Waals surface area contributed by atoms with Gasteiger partial charge in [-0.1, -0.05) is 12.1 Å². The quantitative estimate of drug-likeness (QED) is 0.621. The first-order valence-electron chi connectivity index (χ1n) is 9.87. The molecule has 0 amide bonds. The highest BCUT2D eigenvalue weighted by Crippen LogP contribution is 2.37. The second kappa shape index (κ2) is 9.05. The molecular formula is C21H21F3N4O4. The van der Waals surface area contributed by atoms with Gasteiger partial charge < -0.3 is 24.8 Å². The van der Waals surface area contributed by atoms with E-state index in [1.54, 1.807) is 30.6 Å². The maximum Gasteiger partial charge on any atom is 0.573 e. The fourth-order valence-electron chi connectivity index (χ4n) is 3.76. The van der Waals surface area contributed by atoms with E-state index in [0.29, 0.717) is 37.2 Å². The van der Waals surface area contributed by atoms with Gasteiger partial charge in [-0.05, 0) is 24.3 Å². The van der Waals surface area contributed by atoms with Crippen molar-refractivity contribution < 1.29 is 32.2 Å². The molecule has 0 spiro atoms. The lowest BCUT2D eigenvalue weighted by molar-refractivity contribution is -0.274. The number of hydrogen-bond acceptors (Lipinski definition) is 8. The van der Waals surface area contributed by atoms with Gasteiger partial charge in [0.2, 0.25) is 0 Å². The monoisotopic (exact) mass is 450 g/mol. The number of nitrogens with one attached hydrogen (secondary N) is 2. The van der Waals surface area contributed by atoms with Crippen LogP contribution in [0.2, 0.25) is 0 Å². The van der Waals surface area contributed by atoms with Crippen molar-refractivity contribution in [3.63, 3.8) is 0 Å². The number of allylic oxidation sites excluding steroid dienone is 1. The first-order chi connectivity index (χ1) is 15.4. The van der Waals surface area contributed by atoms with Gasteiger partial charge in [-0.2, -0.15) is 0 Å². The van der Waals surface area contributed by atoms with Crippen LogP contribution in [0, 0.1) is 0 Å². The van der Waals surface area contributed by atoms with Gasteiger partial charge in [0.05, 0.1) is 12.2 Å². The molecule has 1 saturated heterocycles. The number of hydrogen-bond donors (Lipinski definition) is 2. The molecule has 2 aromatic rings. The summed E-state index contributed by atoms with van der Waals surface area (Å²) >= 11 is 0. The third-order valence-corrected chi connectivity index (χ3v) is 5.09. The molecule has 2 aliphatic rings. The Hall–Kier alpha value is -3.31. The summed E-state index contributed by atoms with van der Waals surface area (Å²) in [5.41, 5.74) is 0.512. The van der Waals surface area contributed by atoms with Crippen LogP contribution in [0.25, 0.3) is 0 Å². The number of piperazine rings is 1. The van der Waals surface area contributed by atoms with Crippen LogP contribution in [0.1, 0.15) is 5.56 Å². The Bertz CT molecular complexity index is 973. The SMILES string of the molecule is O=CC1=COC(c2cccc(OC(F)(F)F)c2)(N2CCNCC2COc2cccnc2)N1. The number of benzene rings is 1. The van der Waals surface area contributed by atoms with E-state index < -0.39 is 18.0 Å². The minimum atomic E-state index is -4.84. The number of pyridine rings is 1. The molecule has 0 aliphatic carbocycles. The maximum absolute atomic E-state index is 12.8. The molecule has 2 unspecified atom stereocenters. The Balaban J connectivity index is 1.64. The zero-order valence-corrected chi connectivity index (χ0v) is 16.8. The minimum Gasteiger partial charge on any atom is -0.490 e. The van der Waals surface area contributed by atoms with Crippen molar-refractivity contribution in [2.45, 2.75) is 18.3 Å². The summed E-state index contributed by atoms with van der Waals surface area (Å²) < 4.78 is 54.2. The molecule has 1 fully saturated rings. The summed E-state index contributed by atoms with van der Waals surface area (Å²) in [6.45, 7) is 1.85. The first-order valence-corrected chi connectivity index (χ1v) is 9.87. The van der Waals surface area contributed by atoms with Crippen LogP contribution in [-0.4, -0.2) is 54.8 Å². The molecule has 170 valence electrons. The van der Waals surface area contributed by atoms with Crippen LogP contribution < -0.4 is 20.1 Å². The molecule has 8 nitrogen and oxygen atoms in total. The minimum absolute atomic E-state index is 0.164. The smallest absolute Gasteiger partial charge is 0.490 e. The Morgan fingerprint density at radius 1 is 1.28 bits per heavy atom. The van der Waals surface area contributed by atoms with Gasteiger partial charge >= 0.3 is 6.36 Å². The van der Waals surface area contributed by atoms with E-state index in [-0.39, 0.29) is 18.3 Å². The standard InChI is InChI=1S/C21H21F3N4O4/c22-21(23,24)32-18-4-1-3-15(9-18)20(27-16(12-29)13-31-20)28-8-7-26-10-17(28)14-30-19-5-2-6-25-11-19/h1-6,9,11-13,17,26-27H,7-8,10,14H2. The highest BCUT2D eigenvalue weighted by atomic mass is 19.4. The molecule has 1 aromatic heterocycles. The summed E-state index contributed by atoms with van der Waals surface area (Å²) in [6, 6.07) is 8.77. The Kier molecular flexibility index (Phi) is 6.19. The van der Waals surface area contributed by atoms with E-state index in [0.717, 1.165) is 0 Å². The van der Waals surface area contributed by atoms with Crippen LogP contribution in [0.15, 0.2) is 60.8 Å². The van der Waals surface area contributed by atoms with Crippen LogP contribution in [0.4, 0.5) is 13.2 Å². The van der Waals surface area contributed by atoms with E-state index in [2.05, 4.69) is 20.4 Å². The summed E-state index contributed by atoms with van der Waals surface area (Å²) in [5.74, 6) is -1.22. The van der Waals surface area contributed by atoms with Crippen molar-refractivity contribution in [2.24, 2.45) is 0 Å². The van der Waals surface area contributed by atoms with Crippen molar-refractivity contribution in [3.05, 3.63) is 66.3 Å². The number of carbonyl (C=O) groups excluding carboxylic acids is 1. The molecule has 0 bridgehead atoms. The lowest BCUT2D eigenvalue weighted by Crippen LogP contribution is -2.65. The van der Waals surface area contributed by atoms with Gasteiger partial charge in [0.15, 0.2) is 6.29 Å². The Morgan fingerprint density at radius 2 is 2.12 bits per heavy atom. The number of nitrogens with zero attached hydrogens (tertiary/aromatic N) is 2. The molecule has 32 heavy (non-hydrogen) atoms. The van der Waals surface area contributed by atoms with Crippen molar-refractivity contribution in [1.29, 1.82) is 0 Å². The Morgan fingerprint density at radius 3 is 2.84 bits per heavy atom. The van der Waals surface area contributed by atoms with E-state index in [4.69, 9.17) is 9.47 Å². The zero-order chi connectivity index (χ0) is 22.6. The maximum atomic E-state index is 12.8. The van der Waals surface area contributed by atoms with Crippen molar-refractivity contribution >= 4 is 6.29 Å². The van der Waals surface area contributed by atoms with E-state index in [1.165, 1.54) is 24.5 Å². The second-order valence-corrected chi connectivity index (χ2v) is 7.20. The molecule has 2 atom stereocenters. The van der Waals surface area contributed by atoms with Gasteiger partial charge in [0.25, 0.3) is 5.85 Å².